The van der Waals surface area contributed by atoms with Crippen molar-refractivity contribution in [3.8, 4) is 0 Å². The first-order valence-electron chi connectivity index (χ1n) is 7.31. The van der Waals surface area contributed by atoms with E-state index in [9.17, 15) is 8.42 Å². The van der Waals surface area contributed by atoms with Crippen molar-refractivity contribution in [2.24, 2.45) is 0 Å². The van der Waals surface area contributed by atoms with Crippen molar-refractivity contribution < 1.29 is 13.2 Å². The summed E-state index contributed by atoms with van der Waals surface area (Å²) in [5.74, 6) is 0. The Morgan fingerprint density at radius 3 is 2.70 bits per heavy atom. The minimum atomic E-state index is -3.21. The van der Waals surface area contributed by atoms with Crippen LogP contribution in [0.15, 0.2) is 0 Å². The highest BCUT2D eigenvalue weighted by Gasteiger charge is 2.32. The van der Waals surface area contributed by atoms with Crippen LogP contribution < -0.4 is 4.72 Å². The smallest absolute Gasteiger partial charge is 0.216 e. The zero-order valence-corrected chi connectivity index (χ0v) is 13.6. The summed E-state index contributed by atoms with van der Waals surface area (Å²) in [4.78, 5) is 4.68. The molecule has 1 unspecified atom stereocenters. The van der Waals surface area contributed by atoms with Crippen molar-refractivity contribution in [2.45, 2.75) is 31.1 Å². The second kappa shape index (κ2) is 6.27. The largest absolute Gasteiger partial charge is 0.380 e. The monoisotopic (exact) mass is 305 g/mol. The van der Waals surface area contributed by atoms with Gasteiger partial charge in [0, 0.05) is 44.9 Å². The molecule has 7 heteroatoms. The van der Waals surface area contributed by atoms with Crippen LogP contribution in [-0.4, -0.2) is 82.0 Å². The van der Waals surface area contributed by atoms with Gasteiger partial charge in [0.1, 0.15) is 5.25 Å². The molecule has 1 atom stereocenters. The van der Waals surface area contributed by atoms with Crippen molar-refractivity contribution in [1.29, 1.82) is 0 Å². The molecule has 0 aromatic heterocycles. The normalized spacial score (nSPS) is 28.9. The van der Waals surface area contributed by atoms with Gasteiger partial charge in [0.2, 0.25) is 10.0 Å². The molecular weight excluding hydrogens is 278 g/mol. The summed E-state index contributed by atoms with van der Waals surface area (Å²) in [6.45, 7) is 9.57. The van der Waals surface area contributed by atoms with Crippen molar-refractivity contribution in [3.63, 3.8) is 0 Å². The molecule has 0 spiro atoms. The van der Waals surface area contributed by atoms with Crippen LogP contribution in [-0.2, 0) is 14.8 Å². The van der Waals surface area contributed by atoms with Gasteiger partial charge in [0.25, 0.3) is 0 Å². The van der Waals surface area contributed by atoms with Crippen LogP contribution in [0.1, 0.15) is 20.3 Å². The molecule has 0 bridgehead atoms. The van der Waals surface area contributed by atoms with E-state index in [0.717, 1.165) is 26.2 Å². The minimum absolute atomic E-state index is 0.149. The second-order valence-electron chi connectivity index (χ2n) is 6.44. The SMILES string of the molecule is CN1CCN(CCNS(=O)(=O)C2CCOC2)CC1(C)C. The molecule has 0 aromatic rings. The quantitative estimate of drug-likeness (QED) is 0.757. The van der Waals surface area contributed by atoms with Crippen LogP contribution in [0, 0.1) is 0 Å². The fourth-order valence-corrected chi connectivity index (χ4v) is 4.05. The lowest BCUT2D eigenvalue weighted by Crippen LogP contribution is -2.58. The number of piperazine rings is 1. The van der Waals surface area contributed by atoms with E-state index >= 15 is 0 Å². The number of sulfonamides is 1. The third kappa shape index (κ3) is 3.92. The summed E-state index contributed by atoms with van der Waals surface area (Å²) >= 11 is 0. The Kier molecular flexibility index (Phi) is 5.07. The molecule has 1 N–H and O–H groups in total. The molecular formula is C13H27N3O3S. The zero-order chi connectivity index (χ0) is 14.8. The maximum absolute atomic E-state index is 12.0. The van der Waals surface area contributed by atoms with Crippen LogP contribution in [0.3, 0.4) is 0 Å². The van der Waals surface area contributed by atoms with Crippen LogP contribution in [0.2, 0.25) is 0 Å². The summed E-state index contributed by atoms with van der Waals surface area (Å²) in [6.07, 6.45) is 0.608. The Morgan fingerprint density at radius 1 is 1.35 bits per heavy atom. The van der Waals surface area contributed by atoms with Gasteiger partial charge in [-0.3, -0.25) is 9.80 Å². The summed E-state index contributed by atoms with van der Waals surface area (Å²) in [7, 11) is -1.07. The fourth-order valence-electron chi connectivity index (χ4n) is 2.75. The number of hydrogen-bond donors (Lipinski definition) is 1. The Morgan fingerprint density at radius 2 is 2.10 bits per heavy atom. The number of hydrogen-bond acceptors (Lipinski definition) is 5. The molecule has 2 rings (SSSR count). The molecule has 0 amide bonds. The lowest BCUT2D eigenvalue weighted by molar-refractivity contribution is 0.0414. The van der Waals surface area contributed by atoms with Crippen molar-refractivity contribution in [2.75, 3.05) is 53.0 Å². The third-order valence-electron chi connectivity index (χ3n) is 4.45. The maximum Gasteiger partial charge on any atom is 0.216 e. The zero-order valence-electron chi connectivity index (χ0n) is 12.8. The van der Waals surface area contributed by atoms with Gasteiger partial charge in [-0.05, 0) is 27.3 Å². The highest BCUT2D eigenvalue weighted by atomic mass is 32.2. The van der Waals surface area contributed by atoms with Gasteiger partial charge < -0.3 is 4.74 Å². The predicted molar refractivity (Wildman–Crippen MR) is 79.3 cm³/mol. The van der Waals surface area contributed by atoms with Gasteiger partial charge in [-0.1, -0.05) is 0 Å². The lowest BCUT2D eigenvalue weighted by Gasteiger charge is -2.45. The summed E-state index contributed by atoms with van der Waals surface area (Å²) in [5.41, 5.74) is 0.149. The highest BCUT2D eigenvalue weighted by molar-refractivity contribution is 7.90. The van der Waals surface area contributed by atoms with E-state index in [1.165, 1.54) is 0 Å². The highest BCUT2D eigenvalue weighted by Crippen LogP contribution is 2.18. The standard InChI is InChI=1S/C13H27N3O3S/c1-13(2)11-16(8-7-15(13)3)6-5-14-20(17,18)12-4-9-19-10-12/h12,14H,4-11H2,1-3H3. The first kappa shape index (κ1) is 16.2. The molecule has 2 fully saturated rings. The second-order valence-corrected chi connectivity index (χ2v) is 8.48. The fraction of sp³-hybridized carbons (Fsp3) is 1.00. The summed E-state index contributed by atoms with van der Waals surface area (Å²) in [5, 5.41) is -0.369. The number of nitrogens with one attached hydrogen (secondary N) is 1. The molecule has 2 heterocycles. The summed E-state index contributed by atoms with van der Waals surface area (Å²) < 4.78 is 31.9. The van der Waals surface area contributed by atoms with Crippen LogP contribution in [0.25, 0.3) is 0 Å². The molecule has 2 saturated heterocycles. The van der Waals surface area contributed by atoms with E-state index in [1.54, 1.807) is 0 Å². The molecule has 2 aliphatic rings. The van der Waals surface area contributed by atoms with E-state index in [4.69, 9.17) is 4.74 Å². The minimum Gasteiger partial charge on any atom is -0.380 e. The first-order valence-corrected chi connectivity index (χ1v) is 8.86. The third-order valence-corrected chi connectivity index (χ3v) is 6.31. The van der Waals surface area contributed by atoms with Gasteiger partial charge in [0.15, 0.2) is 0 Å². The van der Waals surface area contributed by atoms with Gasteiger partial charge >= 0.3 is 0 Å². The van der Waals surface area contributed by atoms with E-state index in [1.807, 2.05) is 0 Å². The average molecular weight is 305 g/mol. The Balaban J connectivity index is 1.76. The number of nitrogens with zero attached hydrogens (tertiary/aromatic N) is 2. The van der Waals surface area contributed by atoms with Gasteiger partial charge in [-0.25, -0.2) is 13.1 Å². The van der Waals surface area contributed by atoms with E-state index in [-0.39, 0.29) is 10.8 Å². The van der Waals surface area contributed by atoms with Gasteiger partial charge in [-0.15, -0.1) is 0 Å². The molecule has 6 nitrogen and oxygen atoms in total. The lowest BCUT2D eigenvalue weighted by atomic mass is 10.00. The van der Waals surface area contributed by atoms with Crippen molar-refractivity contribution >= 4 is 10.0 Å². The Labute approximate surface area is 122 Å². The number of likely N-dealkylation sites (N-methyl/N-ethyl adjacent to an activating group) is 1. The summed E-state index contributed by atoms with van der Waals surface area (Å²) in [6, 6.07) is 0. The van der Waals surface area contributed by atoms with Crippen molar-refractivity contribution in [3.05, 3.63) is 0 Å². The van der Waals surface area contributed by atoms with Crippen molar-refractivity contribution in [1.82, 2.24) is 14.5 Å². The molecule has 0 aliphatic carbocycles. The van der Waals surface area contributed by atoms with Crippen LogP contribution in [0.4, 0.5) is 0 Å². The molecule has 0 radical (unpaired) electrons. The van der Waals surface area contributed by atoms with E-state index < -0.39 is 10.0 Å². The topological polar surface area (TPSA) is 61.9 Å². The number of rotatable bonds is 5. The molecule has 0 aromatic carbocycles. The molecule has 0 saturated carbocycles. The van der Waals surface area contributed by atoms with E-state index in [0.29, 0.717) is 26.2 Å². The molecule has 20 heavy (non-hydrogen) atoms. The Hall–Kier alpha value is -0.210. The molecule has 118 valence electrons. The van der Waals surface area contributed by atoms with Gasteiger partial charge in [0.05, 0.1) is 6.61 Å². The predicted octanol–water partition coefficient (Wildman–Crippen LogP) is -0.279. The van der Waals surface area contributed by atoms with Crippen LogP contribution >= 0.6 is 0 Å². The van der Waals surface area contributed by atoms with Gasteiger partial charge in [-0.2, -0.15) is 0 Å². The molecule has 2 aliphatic heterocycles. The maximum atomic E-state index is 12.0. The number of ether oxygens (including phenoxy) is 1. The first-order chi connectivity index (χ1) is 9.31. The Bertz CT molecular complexity index is 419. The van der Waals surface area contributed by atoms with Crippen LogP contribution in [0.5, 0.6) is 0 Å². The van der Waals surface area contributed by atoms with E-state index in [2.05, 4.69) is 35.4 Å². The average Bonchev–Trinajstić information content (AvgIpc) is 2.87.